The van der Waals surface area contributed by atoms with Crippen molar-refractivity contribution in [3.63, 3.8) is 0 Å². The summed E-state index contributed by atoms with van der Waals surface area (Å²) in [6, 6.07) is 11.6. The number of aromatic nitrogens is 4. The van der Waals surface area contributed by atoms with Gasteiger partial charge in [-0.05, 0) is 25.3 Å². The number of anilines is 2. The van der Waals surface area contributed by atoms with E-state index in [-0.39, 0.29) is 5.91 Å². The monoisotopic (exact) mass is 362 g/mol. The Morgan fingerprint density at radius 1 is 1.04 bits per heavy atom. The van der Waals surface area contributed by atoms with Crippen LogP contribution in [0.4, 0.5) is 11.6 Å². The molecule has 7 nitrogen and oxygen atoms in total. The average Bonchev–Trinajstić information content (AvgIpc) is 3.12. The second-order valence-electron chi connectivity index (χ2n) is 6.68. The summed E-state index contributed by atoms with van der Waals surface area (Å²) in [5.74, 6) is 0.487. The van der Waals surface area contributed by atoms with E-state index in [4.69, 9.17) is 0 Å². The van der Waals surface area contributed by atoms with E-state index >= 15 is 0 Å². The van der Waals surface area contributed by atoms with E-state index in [1.165, 1.54) is 19.3 Å². The van der Waals surface area contributed by atoms with Gasteiger partial charge in [-0.1, -0.05) is 30.3 Å². The number of rotatable bonds is 4. The maximum atomic E-state index is 12.6. The highest BCUT2D eigenvalue weighted by atomic mass is 16.2. The number of amides is 1. The van der Waals surface area contributed by atoms with Gasteiger partial charge in [-0.25, -0.2) is 9.97 Å². The van der Waals surface area contributed by atoms with E-state index in [1.807, 2.05) is 30.3 Å². The fraction of sp³-hybridized carbons (Fsp3) is 0.300. The molecule has 27 heavy (non-hydrogen) atoms. The smallest absolute Gasteiger partial charge is 0.274 e. The zero-order chi connectivity index (χ0) is 18.6. The predicted octanol–water partition coefficient (Wildman–Crippen LogP) is 3.12. The maximum Gasteiger partial charge on any atom is 0.274 e. The summed E-state index contributed by atoms with van der Waals surface area (Å²) >= 11 is 0. The van der Waals surface area contributed by atoms with Crippen LogP contribution in [0, 0.1) is 0 Å². The molecular formula is C20H22N6O. The Morgan fingerprint density at radius 3 is 2.44 bits per heavy atom. The Hall–Kier alpha value is -3.22. The lowest BCUT2D eigenvalue weighted by molar-refractivity contribution is 0.101. The third-order valence-corrected chi connectivity index (χ3v) is 4.72. The fourth-order valence-electron chi connectivity index (χ4n) is 3.27. The molecule has 1 saturated heterocycles. The number of hydrogen-bond donors (Lipinski definition) is 1. The molecule has 4 rings (SSSR count). The van der Waals surface area contributed by atoms with E-state index in [1.54, 1.807) is 30.2 Å². The second kappa shape index (κ2) is 7.57. The lowest BCUT2D eigenvalue weighted by Gasteiger charge is -2.26. The van der Waals surface area contributed by atoms with E-state index in [9.17, 15) is 4.79 Å². The van der Waals surface area contributed by atoms with E-state index in [2.05, 4.69) is 25.3 Å². The van der Waals surface area contributed by atoms with E-state index in [0.29, 0.717) is 11.4 Å². The van der Waals surface area contributed by atoms with Gasteiger partial charge in [0.15, 0.2) is 0 Å². The standard InChI is InChI=1S/C20H22N6O/c1-25-18(12-17(24-25)15-8-4-2-5-9-15)19(27)23-16-13-21-20(22-14-16)26-10-6-3-7-11-26/h2,4-5,8-9,12-14H,3,6-7,10-11H2,1H3,(H,23,27). The molecule has 0 unspecified atom stereocenters. The molecular weight excluding hydrogens is 340 g/mol. The van der Waals surface area contributed by atoms with Crippen LogP contribution in [-0.2, 0) is 7.05 Å². The van der Waals surface area contributed by atoms with Gasteiger partial charge in [0.05, 0.1) is 23.8 Å². The average molecular weight is 362 g/mol. The van der Waals surface area contributed by atoms with Crippen molar-refractivity contribution in [1.82, 2.24) is 19.7 Å². The van der Waals surface area contributed by atoms with Gasteiger partial charge in [0, 0.05) is 25.7 Å². The van der Waals surface area contributed by atoms with Crippen molar-refractivity contribution >= 4 is 17.5 Å². The summed E-state index contributed by atoms with van der Waals surface area (Å²) in [5.41, 5.74) is 2.79. The molecule has 1 aliphatic heterocycles. The molecule has 0 aliphatic carbocycles. The van der Waals surface area contributed by atoms with Crippen LogP contribution in [0.2, 0.25) is 0 Å². The maximum absolute atomic E-state index is 12.6. The molecule has 1 aromatic carbocycles. The third-order valence-electron chi connectivity index (χ3n) is 4.72. The van der Waals surface area contributed by atoms with Gasteiger partial charge in [-0.3, -0.25) is 9.48 Å². The molecule has 3 heterocycles. The Bertz CT molecular complexity index is 913. The van der Waals surface area contributed by atoms with Crippen molar-refractivity contribution in [2.75, 3.05) is 23.3 Å². The molecule has 1 aliphatic rings. The number of benzene rings is 1. The molecule has 0 bridgehead atoms. The van der Waals surface area contributed by atoms with Crippen LogP contribution < -0.4 is 10.2 Å². The highest BCUT2D eigenvalue weighted by molar-refractivity contribution is 6.03. The number of nitrogens with one attached hydrogen (secondary N) is 1. The first-order valence-corrected chi connectivity index (χ1v) is 9.18. The van der Waals surface area contributed by atoms with Gasteiger partial charge in [0.2, 0.25) is 5.95 Å². The number of carbonyl (C=O) groups excluding carboxylic acids is 1. The number of aryl methyl sites for hydroxylation is 1. The SMILES string of the molecule is Cn1nc(-c2ccccc2)cc1C(=O)Nc1cnc(N2CCCCC2)nc1. The predicted molar refractivity (Wildman–Crippen MR) is 105 cm³/mol. The molecule has 138 valence electrons. The molecule has 7 heteroatoms. The minimum absolute atomic E-state index is 0.235. The Morgan fingerprint density at radius 2 is 1.74 bits per heavy atom. The molecule has 1 N–H and O–H groups in total. The third kappa shape index (κ3) is 3.81. The summed E-state index contributed by atoms with van der Waals surface area (Å²) < 4.78 is 1.58. The van der Waals surface area contributed by atoms with Crippen LogP contribution in [-0.4, -0.2) is 38.7 Å². The molecule has 0 atom stereocenters. The summed E-state index contributed by atoms with van der Waals surface area (Å²) in [6.07, 6.45) is 6.92. The lowest BCUT2D eigenvalue weighted by atomic mass is 10.1. The summed E-state index contributed by atoms with van der Waals surface area (Å²) in [5, 5.41) is 7.29. The van der Waals surface area contributed by atoms with Crippen LogP contribution in [0.3, 0.4) is 0 Å². The molecule has 1 fully saturated rings. The van der Waals surface area contributed by atoms with Crippen LogP contribution >= 0.6 is 0 Å². The first-order valence-electron chi connectivity index (χ1n) is 9.18. The van der Waals surface area contributed by atoms with E-state index < -0.39 is 0 Å². The zero-order valence-electron chi connectivity index (χ0n) is 15.3. The molecule has 0 spiro atoms. The van der Waals surface area contributed by atoms with Crippen molar-refractivity contribution in [1.29, 1.82) is 0 Å². The molecule has 3 aromatic rings. The zero-order valence-corrected chi connectivity index (χ0v) is 15.3. The van der Waals surface area contributed by atoms with Gasteiger partial charge in [-0.2, -0.15) is 5.10 Å². The lowest BCUT2D eigenvalue weighted by Crippen LogP contribution is -2.30. The minimum Gasteiger partial charge on any atom is -0.341 e. The molecule has 0 saturated carbocycles. The number of piperidine rings is 1. The molecule has 1 amide bonds. The molecule has 0 radical (unpaired) electrons. The van der Waals surface area contributed by atoms with Crippen molar-refractivity contribution < 1.29 is 4.79 Å². The van der Waals surface area contributed by atoms with Crippen LogP contribution in [0.1, 0.15) is 29.8 Å². The Balaban J connectivity index is 1.47. The summed E-state index contributed by atoms with van der Waals surface area (Å²) in [7, 11) is 1.76. The van der Waals surface area contributed by atoms with Crippen molar-refractivity contribution in [2.24, 2.45) is 7.05 Å². The normalized spacial score (nSPS) is 14.2. The van der Waals surface area contributed by atoms with Gasteiger partial charge in [0.25, 0.3) is 5.91 Å². The highest BCUT2D eigenvalue weighted by Crippen LogP contribution is 2.20. The second-order valence-corrected chi connectivity index (χ2v) is 6.68. The Labute approximate surface area is 158 Å². The first kappa shape index (κ1) is 17.2. The Kier molecular flexibility index (Phi) is 4.82. The number of hydrogen-bond acceptors (Lipinski definition) is 5. The van der Waals surface area contributed by atoms with Crippen LogP contribution in [0.25, 0.3) is 11.3 Å². The molecule has 2 aromatic heterocycles. The summed E-state index contributed by atoms with van der Waals surface area (Å²) in [6.45, 7) is 1.98. The topological polar surface area (TPSA) is 75.9 Å². The first-order chi connectivity index (χ1) is 13.2. The van der Waals surface area contributed by atoms with Crippen molar-refractivity contribution in [2.45, 2.75) is 19.3 Å². The van der Waals surface area contributed by atoms with Crippen molar-refractivity contribution in [3.8, 4) is 11.3 Å². The fourth-order valence-corrected chi connectivity index (χ4v) is 3.27. The largest absolute Gasteiger partial charge is 0.341 e. The van der Waals surface area contributed by atoms with Gasteiger partial charge < -0.3 is 10.2 Å². The van der Waals surface area contributed by atoms with Crippen LogP contribution in [0.15, 0.2) is 48.8 Å². The summed E-state index contributed by atoms with van der Waals surface area (Å²) in [4.78, 5) is 23.6. The van der Waals surface area contributed by atoms with Gasteiger partial charge in [-0.15, -0.1) is 0 Å². The number of nitrogens with zero attached hydrogens (tertiary/aromatic N) is 5. The van der Waals surface area contributed by atoms with Crippen LogP contribution in [0.5, 0.6) is 0 Å². The number of carbonyl (C=O) groups is 1. The van der Waals surface area contributed by atoms with Gasteiger partial charge in [0.1, 0.15) is 5.69 Å². The van der Waals surface area contributed by atoms with Gasteiger partial charge >= 0.3 is 0 Å². The van der Waals surface area contributed by atoms with E-state index in [0.717, 1.165) is 30.3 Å². The van der Waals surface area contributed by atoms with Crippen molar-refractivity contribution in [3.05, 3.63) is 54.5 Å². The quantitative estimate of drug-likeness (QED) is 0.772. The minimum atomic E-state index is -0.235. The highest BCUT2D eigenvalue weighted by Gasteiger charge is 2.16.